The third-order valence-electron chi connectivity index (χ3n) is 3.42. The molecule has 0 fully saturated rings. The maximum atomic E-state index is 11.0. The minimum absolute atomic E-state index is 0.347. The van der Waals surface area contributed by atoms with Gasteiger partial charge in [0.2, 0.25) is 5.88 Å². The third-order valence-corrected chi connectivity index (χ3v) is 3.42. The van der Waals surface area contributed by atoms with E-state index in [1.54, 1.807) is 0 Å². The number of nitrogens with zero attached hydrogens (tertiary/aromatic N) is 2. The summed E-state index contributed by atoms with van der Waals surface area (Å²) in [6.07, 6.45) is 1.29. The number of pyridine rings is 1. The summed E-state index contributed by atoms with van der Waals surface area (Å²) in [5.74, 6) is 0.988. The summed E-state index contributed by atoms with van der Waals surface area (Å²) in [6, 6.07) is 3.92. The van der Waals surface area contributed by atoms with Gasteiger partial charge in [0, 0.05) is 11.3 Å². The Morgan fingerprint density at radius 2 is 2.37 bits per heavy atom. The lowest BCUT2D eigenvalue weighted by Gasteiger charge is -2.15. The fraction of sp³-hybridized carbons (Fsp3) is 0.571. The number of fused-ring (bicyclic) bond motifs is 1. The molecule has 1 atom stereocenters. The van der Waals surface area contributed by atoms with Crippen LogP contribution in [0.2, 0.25) is 0 Å². The van der Waals surface area contributed by atoms with Gasteiger partial charge in [-0.05, 0) is 18.4 Å². The standard InChI is InChI=1S/C14H20N2O3/c1-3-4-10(2)12-6-5-11-9-16(14(17)18)7-8-19-13(11)15-12/h5-6,10H,3-4,7-9H2,1-2H3,(H,17,18). The van der Waals surface area contributed by atoms with Gasteiger partial charge >= 0.3 is 6.09 Å². The molecule has 0 aliphatic carbocycles. The van der Waals surface area contributed by atoms with Crippen LogP contribution in [0.3, 0.4) is 0 Å². The third kappa shape index (κ3) is 3.16. The molecule has 1 aliphatic heterocycles. The van der Waals surface area contributed by atoms with Crippen molar-refractivity contribution in [2.45, 2.75) is 39.2 Å². The van der Waals surface area contributed by atoms with Crippen molar-refractivity contribution in [2.24, 2.45) is 0 Å². The van der Waals surface area contributed by atoms with E-state index in [1.807, 2.05) is 12.1 Å². The van der Waals surface area contributed by atoms with E-state index < -0.39 is 6.09 Å². The van der Waals surface area contributed by atoms with Gasteiger partial charge in [0.05, 0.1) is 13.1 Å². The van der Waals surface area contributed by atoms with Gasteiger partial charge < -0.3 is 14.7 Å². The zero-order chi connectivity index (χ0) is 13.8. The number of carboxylic acid groups (broad SMARTS) is 1. The van der Waals surface area contributed by atoms with Gasteiger partial charge in [-0.2, -0.15) is 0 Å². The average Bonchev–Trinajstić information content (AvgIpc) is 2.60. The quantitative estimate of drug-likeness (QED) is 0.911. The summed E-state index contributed by atoms with van der Waals surface area (Å²) in [6.45, 7) is 5.39. The molecule has 0 spiro atoms. The predicted octanol–water partition coefficient (Wildman–Crippen LogP) is 2.86. The van der Waals surface area contributed by atoms with Crippen molar-refractivity contribution in [3.05, 3.63) is 23.4 Å². The Morgan fingerprint density at radius 1 is 1.58 bits per heavy atom. The molecule has 0 bridgehead atoms. The van der Waals surface area contributed by atoms with Gasteiger partial charge in [-0.1, -0.05) is 26.3 Å². The van der Waals surface area contributed by atoms with Crippen LogP contribution in [-0.2, 0) is 6.54 Å². The molecule has 2 heterocycles. The average molecular weight is 264 g/mol. The van der Waals surface area contributed by atoms with E-state index in [1.165, 1.54) is 4.90 Å². The van der Waals surface area contributed by atoms with Crippen molar-refractivity contribution in [2.75, 3.05) is 13.2 Å². The van der Waals surface area contributed by atoms with Crippen LogP contribution in [0.5, 0.6) is 5.88 Å². The highest BCUT2D eigenvalue weighted by molar-refractivity contribution is 5.65. The number of hydrogen-bond donors (Lipinski definition) is 1. The zero-order valence-corrected chi connectivity index (χ0v) is 11.4. The molecule has 0 aromatic carbocycles. The van der Waals surface area contributed by atoms with Crippen LogP contribution < -0.4 is 4.74 Å². The van der Waals surface area contributed by atoms with E-state index in [9.17, 15) is 4.79 Å². The Morgan fingerprint density at radius 3 is 3.05 bits per heavy atom. The molecule has 5 nitrogen and oxygen atoms in total. The Labute approximate surface area is 113 Å². The zero-order valence-electron chi connectivity index (χ0n) is 11.4. The molecule has 0 saturated carbocycles. The van der Waals surface area contributed by atoms with E-state index in [0.717, 1.165) is 24.1 Å². The summed E-state index contributed by atoms with van der Waals surface area (Å²) in [4.78, 5) is 16.9. The van der Waals surface area contributed by atoms with Crippen LogP contribution >= 0.6 is 0 Å². The minimum Gasteiger partial charge on any atom is -0.476 e. The molecule has 5 heteroatoms. The molecule has 2 rings (SSSR count). The fourth-order valence-electron chi connectivity index (χ4n) is 2.28. The first-order chi connectivity index (χ1) is 9.11. The summed E-state index contributed by atoms with van der Waals surface area (Å²) in [5, 5.41) is 9.05. The van der Waals surface area contributed by atoms with E-state index in [2.05, 4.69) is 18.8 Å². The van der Waals surface area contributed by atoms with Crippen molar-refractivity contribution in [1.29, 1.82) is 0 Å². The first kappa shape index (κ1) is 13.6. The summed E-state index contributed by atoms with van der Waals surface area (Å²) < 4.78 is 5.58. The second kappa shape index (κ2) is 5.91. The number of rotatable bonds is 3. The molecule has 1 aromatic heterocycles. The molecule has 104 valence electrons. The fourth-order valence-corrected chi connectivity index (χ4v) is 2.28. The maximum absolute atomic E-state index is 11.0. The van der Waals surface area contributed by atoms with Crippen LogP contribution in [0.4, 0.5) is 4.79 Å². The minimum atomic E-state index is -0.917. The summed E-state index contributed by atoms with van der Waals surface area (Å²) in [7, 11) is 0. The first-order valence-electron chi connectivity index (χ1n) is 6.72. The topological polar surface area (TPSA) is 62.7 Å². The highest BCUT2D eigenvalue weighted by Crippen LogP contribution is 2.26. The van der Waals surface area contributed by atoms with Gasteiger partial charge in [0.1, 0.15) is 6.61 Å². The van der Waals surface area contributed by atoms with Crippen LogP contribution in [0.15, 0.2) is 12.1 Å². The van der Waals surface area contributed by atoms with Crippen molar-refractivity contribution in [3.63, 3.8) is 0 Å². The molecule has 19 heavy (non-hydrogen) atoms. The highest BCUT2D eigenvalue weighted by Gasteiger charge is 2.20. The van der Waals surface area contributed by atoms with Gasteiger partial charge in [0.25, 0.3) is 0 Å². The second-order valence-corrected chi connectivity index (χ2v) is 4.94. The number of amides is 1. The van der Waals surface area contributed by atoms with Crippen molar-refractivity contribution in [1.82, 2.24) is 9.88 Å². The monoisotopic (exact) mass is 264 g/mol. The summed E-state index contributed by atoms with van der Waals surface area (Å²) in [5.41, 5.74) is 1.86. The summed E-state index contributed by atoms with van der Waals surface area (Å²) >= 11 is 0. The Balaban J connectivity index is 2.21. The van der Waals surface area contributed by atoms with Crippen molar-refractivity contribution < 1.29 is 14.6 Å². The van der Waals surface area contributed by atoms with Gasteiger partial charge in [0.15, 0.2) is 0 Å². The lowest BCUT2D eigenvalue weighted by Crippen LogP contribution is -2.30. The van der Waals surface area contributed by atoms with E-state index in [0.29, 0.717) is 31.5 Å². The SMILES string of the molecule is CCCC(C)c1ccc2c(n1)OCCN(C(=O)O)C2. The van der Waals surface area contributed by atoms with Gasteiger partial charge in [-0.25, -0.2) is 9.78 Å². The Bertz CT molecular complexity index is 462. The molecule has 0 radical (unpaired) electrons. The highest BCUT2D eigenvalue weighted by atomic mass is 16.5. The molecule has 1 unspecified atom stereocenters. The normalized spacial score (nSPS) is 16.2. The molecular formula is C14H20N2O3. The second-order valence-electron chi connectivity index (χ2n) is 4.94. The largest absolute Gasteiger partial charge is 0.476 e. The van der Waals surface area contributed by atoms with Crippen LogP contribution in [0.1, 0.15) is 43.9 Å². The lowest BCUT2D eigenvalue weighted by atomic mass is 10.0. The molecular weight excluding hydrogens is 244 g/mol. The smallest absolute Gasteiger partial charge is 0.407 e. The van der Waals surface area contributed by atoms with E-state index in [4.69, 9.17) is 9.84 Å². The molecule has 1 aliphatic rings. The number of aromatic nitrogens is 1. The number of ether oxygens (including phenoxy) is 1. The Kier molecular flexibility index (Phi) is 4.24. The predicted molar refractivity (Wildman–Crippen MR) is 71.5 cm³/mol. The molecule has 0 saturated heterocycles. The van der Waals surface area contributed by atoms with Gasteiger partial charge in [-0.15, -0.1) is 0 Å². The molecule has 1 amide bonds. The lowest BCUT2D eigenvalue weighted by molar-refractivity contribution is 0.137. The van der Waals surface area contributed by atoms with E-state index in [-0.39, 0.29) is 0 Å². The van der Waals surface area contributed by atoms with E-state index >= 15 is 0 Å². The van der Waals surface area contributed by atoms with Crippen molar-refractivity contribution in [3.8, 4) is 5.88 Å². The number of hydrogen-bond acceptors (Lipinski definition) is 3. The van der Waals surface area contributed by atoms with Crippen LogP contribution in [-0.4, -0.2) is 34.2 Å². The number of carbonyl (C=O) groups is 1. The first-order valence-corrected chi connectivity index (χ1v) is 6.72. The van der Waals surface area contributed by atoms with Gasteiger partial charge in [-0.3, -0.25) is 0 Å². The molecule has 1 N–H and O–H groups in total. The van der Waals surface area contributed by atoms with Crippen LogP contribution in [0.25, 0.3) is 0 Å². The molecule has 1 aromatic rings. The van der Waals surface area contributed by atoms with Crippen LogP contribution in [0, 0.1) is 0 Å². The van der Waals surface area contributed by atoms with Crippen molar-refractivity contribution >= 4 is 6.09 Å². The Hall–Kier alpha value is -1.78. The maximum Gasteiger partial charge on any atom is 0.407 e.